The first-order valence-electron chi connectivity index (χ1n) is 4.29. The molecule has 1 heterocycles. The summed E-state index contributed by atoms with van der Waals surface area (Å²) in [5.74, 6) is -0.686. The zero-order valence-corrected chi connectivity index (χ0v) is 8.74. The summed E-state index contributed by atoms with van der Waals surface area (Å²) in [4.78, 5) is 11.1. The molecule has 0 bridgehead atoms. The van der Waals surface area contributed by atoms with E-state index in [4.69, 9.17) is 23.1 Å². The highest BCUT2D eigenvalue weighted by Crippen LogP contribution is 2.28. The lowest BCUT2D eigenvalue weighted by molar-refractivity contribution is 0.630. The van der Waals surface area contributed by atoms with E-state index in [1.165, 1.54) is 18.2 Å². The zero-order chi connectivity index (χ0) is 11.7. The Bertz CT molecular complexity index is 505. The first-order chi connectivity index (χ1) is 7.58. The molecule has 1 aromatic heterocycles. The van der Waals surface area contributed by atoms with Crippen molar-refractivity contribution in [3.05, 3.63) is 29.0 Å². The van der Waals surface area contributed by atoms with Crippen LogP contribution in [0.5, 0.6) is 0 Å². The summed E-state index contributed by atoms with van der Waals surface area (Å²) >= 11 is 5.85. The van der Waals surface area contributed by atoms with Gasteiger partial charge in [0, 0.05) is 0 Å². The van der Waals surface area contributed by atoms with Gasteiger partial charge in [-0.1, -0.05) is 17.7 Å². The molecular weight excluding hydrogens is 233 g/mol. The molecule has 16 heavy (non-hydrogen) atoms. The quantitative estimate of drug-likeness (QED) is 0.787. The average Bonchev–Trinajstić information content (AvgIpc) is 2.15. The van der Waals surface area contributed by atoms with Gasteiger partial charge in [0.1, 0.15) is 5.82 Å². The van der Waals surface area contributed by atoms with Crippen molar-refractivity contribution in [3.63, 3.8) is 0 Å². The van der Waals surface area contributed by atoms with E-state index in [2.05, 4.69) is 15.0 Å². The van der Waals surface area contributed by atoms with Crippen molar-refractivity contribution in [2.24, 2.45) is 0 Å². The van der Waals surface area contributed by atoms with Gasteiger partial charge in [-0.15, -0.1) is 0 Å². The van der Waals surface area contributed by atoms with Crippen LogP contribution in [-0.2, 0) is 0 Å². The molecule has 0 aliphatic heterocycles. The van der Waals surface area contributed by atoms with Gasteiger partial charge in [0.05, 0.1) is 10.6 Å². The number of anilines is 2. The summed E-state index contributed by atoms with van der Waals surface area (Å²) in [6, 6.07) is 4.25. The van der Waals surface area contributed by atoms with Gasteiger partial charge in [-0.05, 0) is 12.1 Å². The fourth-order valence-corrected chi connectivity index (χ4v) is 1.48. The number of nitrogens with zero attached hydrogens (tertiary/aromatic N) is 3. The number of hydrogen-bond donors (Lipinski definition) is 2. The van der Waals surface area contributed by atoms with Crippen LogP contribution in [-0.4, -0.2) is 15.0 Å². The lowest BCUT2D eigenvalue weighted by atomic mass is 10.2. The van der Waals surface area contributed by atoms with Crippen LogP contribution in [0.4, 0.5) is 16.3 Å². The van der Waals surface area contributed by atoms with Crippen LogP contribution in [0.3, 0.4) is 0 Å². The monoisotopic (exact) mass is 239 g/mol. The van der Waals surface area contributed by atoms with Crippen molar-refractivity contribution in [2.75, 3.05) is 11.5 Å². The van der Waals surface area contributed by atoms with Gasteiger partial charge >= 0.3 is 0 Å². The van der Waals surface area contributed by atoms with Crippen molar-refractivity contribution >= 4 is 23.5 Å². The fourth-order valence-electron chi connectivity index (χ4n) is 1.23. The second-order valence-electron chi connectivity index (χ2n) is 2.97. The Morgan fingerprint density at radius 1 is 1.06 bits per heavy atom. The predicted molar refractivity (Wildman–Crippen MR) is 59.1 cm³/mol. The highest BCUT2D eigenvalue weighted by Gasteiger charge is 2.13. The molecule has 82 valence electrons. The largest absolute Gasteiger partial charge is 0.368 e. The molecule has 4 N–H and O–H groups in total. The highest BCUT2D eigenvalue weighted by molar-refractivity contribution is 6.33. The topological polar surface area (TPSA) is 90.7 Å². The maximum absolute atomic E-state index is 13.5. The maximum Gasteiger partial charge on any atom is 0.225 e. The molecule has 0 spiro atoms. The molecule has 0 atom stereocenters. The molecule has 0 fully saturated rings. The van der Waals surface area contributed by atoms with Gasteiger partial charge < -0.3 is 11.5 Å². The molecule has 0 saturated carbocycles. The van der Waals surface area contributed by atoms with Crippen molar-refractivity contribution in [1.82, 2.24) is 15.0 Å². The van der Waals surface area contributed by atoms with Gasteiger partial charge in [-0.3, -0.25) is 0 Å². The molecule has 2 aromatic rings. The molecule has 0 aliphatic rings. The first-order valence-corrected chi connectivity index (χ1v) is 4.67. The van der Waals surface area contributed by atoms with Crippen LogP contribution in [0.1, 0.15) is 0 Å². The zero-order valence-electron chi connectivity index (χ0n) is 7.98. The highest BCUT2D eigenvalue weighted by atomic mass is 35.5. The minimum absolute atomic E-state index is 0.0214. The Kier molecular flexibility index (Phi) is 2.57. The van der Waals surface area contributed by atoms with Crippen LogP contribution in [0, 0.1) is 5.82 Å². The van der Waals surface area contributed by atoms with E-state index in [0.717, 1.165) is 0 Å². The first kappa shape index (κ1) is 10.6. The van der Waals surface area contributed by atoms with Crippen LogP contribution < -0.4 is 11.5 Å². The summed E-state index contributed by atoms with van der Waals surface area (Å²) in [6.45, 7) is 0. The number of hydrogen-bond acceptors (Lipinski definition) is 5. The number of halogens is 2. The van der Waals surface area contributed by atoms with E-state index in [-0.39, 0.29) is 28.3 Å². The summed E-state index contributed by atoms with van der Waals surface area (Å²) in [5, 5.41) is 0.185. The lowest BCUT2D eigenvalue weighted by Gasteiger charge is -2.05. The number of nitrogens with two attached hydrogens (primary N) is 2. The molecule has 0 radical (unpaired) electrons. The molecule has 0 saturated heterocycles. The predicted octanol–water partition coefficient (Wildman–Crippen LogP) is 1.50. The summed E-state index contributed by atoms with van der Waals surface area (Å²) in [5.41, 5.74) is 10.8. The van der Waals surface area contributed by atoms with E-state index < -0.39 is 5.82 Å². The molecule has 7 heteroatoms. The summed E-state index contributed by atoms with van der Waals surface area (Å²) in [6.07, 6.45) is 0. The minimum Gasteiger partial charge on any atom is -0.368 e. The van der Waals surface area contributed by atoms with Gasteiger partial charge in [0.25, 0.3) is 0 Å². The number of nitrogen functional groups attached to an aromatic ring is 2. The minimum atomic E-state index is -0.544. The normalized spacial score (nSPS) is 10.4. The van der Waals surface area contributed by atoms with Crippen molar-refractivity contribution in [2.45, 2.75) is 0 Å². The summed E-state index contributed by atoms with van der Waals surface area (Å²) in [7, 11) is 0. The second-order valence-corrected chi connectivity index (χ2v) is 3.38. The Labute approximate surface area is 95.3 Å². The van der Waals surface area contributed by atoms with Gasteiger partial charge in [0.15, 0.2) is 5.82 Å². The Hall–Kier alpha value is -1.95. The van der Waals surface area contributed by atoms with Gasteiger partial charge in [-0.2, -0.15) is 15.0 Å². The third kappa shape index (κ3) is 1.87. The van der Waals surface area contributed by atoms with Gasteiger partial charge in [-0.25, -0.2) is 4.39 Å². The van der Waals surface area contributed by atoms with E-state index in [1.807, 2.05) is 0 Å². The van der Waals surface area contributed by atoms with Gasteiger partial charge in [0.2, 0.25) is 11.9 Å². The molecule has 5 nitrogen and oxygen atoms in total. The van der Waals surface area contributed by atoms with Crippen molar-refractivity contribution < 1.29 is 4.39 Å². The average molecular weight is 240 g/mol. The Balaban J connectivity index is 2.67. The van der Waals surface area contributed by atoms with E-state index >= 15 is 0 Å². The smallest absolute Gasteiger partial charge is 0.225 e. The Morgan fingerprint density at radius 3 is 2.25 bits per heavy atom. The standard InChI is InChI=1S/C9H7ClFN5/c10-4-2-1-3-5(11)6(4)7-14-8(12)16-9(13)15-7/h1-3H,(H4,12,13,14,15,16). The van der Waals surface area contributed by atoms with Crippen LogP contribution in [0.15, 0.2) is 18.2 Å². The maximum atomic E-state index is 13.5. The molecule has 1 aromatic carbocycles. The number of rotatable bonds is 1. The number of aromatic nitrogens is 3. The van der Waals surface area contributed by atoms with Crippen molar-refractivity contribution in [1.29, 1.82) is 0 Å². The SMILES string of the molecule is Nc1nc(N)nc(-c2c(F)cccc2Cl)n1. The van der Waals surface area contributed by atoms with E-state index in [1.54, 1.807) is 0 Å². The number of benzene rings is 1. The van der Waals surface area contributed by atoms with Crippen LogP contribution in [0.2, 0.25) is 5.02 Å². The van der Waals surface area contributed by atoms with Crippen molar-refractivity contribution in [3.8, 4) is 11.4 Å². The van der Waals surface area contributed by atoms with Crippen LogP contribution >= 0.6 is 11.6 Å². The summed E-state index contributed by atoms with van der Waals surface area (Å²) < 4.78 is 13.5. The second kappa shape index (κ2) is 3.90. The third-order valence-corrected chi connectivity index (χ3v) is 2.17. The molecule has 2 rings (SSSR count). The van der Waals surface area contributed by atoms with Crippen LogP contribution in [0.25, 0.3) is 11.4 Å². The molecule has 0 amide bonds. The van der Waals surface area contributed by atoms with E-state index in [9.17, 15) is 4.39 Å². The molecule has 0 aliphatic carbocycles. The molecular formula is C9H7ClFN5. The fraction of sp³-hybridized carbons (Fsp3) is 0. The third-order valence-electron chi connectivity index (χ3n) is 1.86. The Morgan fingerprint density at radius 2 is 1.69 bits per heavy atom. The lowest BCUT2D eigenvalue weighted by Crippen LogP contribution is -2.05. The molecule has 0 unspecified atom stereocenters. The van der Waals surface area contributed by atoms with E-state index in [0.29, 0.717) is 0 Å².